The second kappa shape index (κ2) is 8.12. The molecule has 0 atom stereocenters. The number of hydrogen-bond donors (Lipinski definition) is 2. The summed E-state index contributed by atoms with van der Waals surface area (Å²) < 4.78 is 5.40. The van der Waals surface area contributed by atoms with Crippen LogP contribution in [0.1, 0.15) is 31.4 Å². The van der Waals surface area contributed by atoms with Crippen LogP contribution in [0.3, 0.4) is 0 Å². The van der Waals surface area contributed by atoms with Crippen molar-refractivity contribution in [3.8, 4) is 0 Å². The molecule has 1 rings (SSSR count). The number of aryl methyl sites for hydroxylation is 2. The number of nitrogens with one attached hydrogen (secondary N) is 2. The van der Waals surface area contributed by atoms with Gasteiger partial charge in [0.2, 0.25) is 0 Å². The number of carbonyl (C=O) groups is 1. The van der Waals surface area contributed by atoms with Crippen molar-refractivity contribution in [3.05, 3.63) is 28.3 Å². The highest BCUT2D eigenvalue weighted by molar-refractivity contribution is 6.34. The fraction of sp³-hybridized carbons (Fsp3) is 0.533. The molecule has 0 fully saturated rings. The van der Waals surface area contributed by atoms with Gasteiger partial charge in [-0.3, -0.25) is 0 Å². The summed E-state index contributed by atoms with van der Waals surface area (Å²) in [6.45, 7) is 9.08. The second-order valence-electron chi connectivity index (χ2n) is 5.09. The van der Waals surface area contributed by atoms with Crippen LogP contribution >= 0.6 is 11.6 Å². The molecule has 0 heterocycles. The number of benzene rings is 1. The molecule has 0 aliphatic carbocycles. The molecule has 0 bridgehead atoms. The van der Waals surface area contributed by atoms with Crippen LogP contribution in [0.4, 0.5) is 10.5 Å². The Morgan fingerprint density at radius 3 is 2.65 bits per heavy atom. The number of carbonyl (C=O) groups excluding carboxylic acids is 1. The van der Waals surface area contributed by atoms with Crippen LogP contribution in [-0.2, 0) is 4.74 Å². The summed E-state index contributed by atoms with van der Waals surface area (Å²) in [5, 5.41) is 6.12. The Hall–Kier alpha value is -1.26. The number of anilines is 1. The molecule has 2 amide bonds. The van der Waals surface area contributed by atoms with E-state index in [1.807, 2.05) is 39.8 Å². The van der Waals surface area contributed by atoms with Gasteiger partial charge >= 0.3 is 6.03 Å². The maximum atomic E-state index is 11.8. The van der Waals surface area contributed by atoms with Crippen molar-refractivity contribution in [2.24, 2.45) is 0 Å². The minimum Gasteiger partial charge on any atom is -0.379 e. The second-order valence-corrected chi connectivity index (χ2v) is 5.50. The number of amides is 2. The van der Waals surface area contributed by atoms with Gasteiger partial charge in [0.25, 0.3) is 0 Å². The van der Waals surface area contributed by atoms with E-state index in [1.54, 1.807) is 0 Å². The van der Waals surface area contributed by atoms with Gasteiger partial charge in [0.15, 0.2) is 0 Å². The fourth-order valence-electron chi connectivity index (χ4n) is 1.82. The summed E-state index contributed by atoms with van der Waals surface area (Å²) in [5.41, 5.74) is 2.69. The first-order chi connectivity index (χ1) is 9.40. The summed E-state index contributed by atoms with van der Waals surface area (Å²) in [7, 11) is 0. The zero-order valence-corrected chi connectivity index (χ0v) is 13.3. The Balaban J connectivity index is 2.39. The third-order valence-electron chi connectivity index (χ3n) is 2.73. The summed E-state index contributed by atoms with van der Waals surface area (Å²) >= 11 is 6.13. The highest BCUT2D eigenvalue weighted by atomic mass is 35.5. The van der Waals surface area contributed by atoms with E-state index < -0.39 is 0 Å². The molecule has 0 saturated carbocycles. The van der Waals surface area contributed by atoms with E-state index in [0.717, 1.165) is 17.5 Å². The molecular weight excluding hydrogens is 276 g/mol. The average molecular weight is 299 g/mol. The van der Waals surface area contributed by atoms with E-state index in [1.165, 1.54) is 0 Å². The smallest absolute Gasteiger partial charge is 0.319 e. The van der Waals surface area contributed by atoms with Gasteiger partial charge < -0.3 is 15.4 Å². The normalized spacial score (nSPS) is 10.7. The predicted molar refractivity (Wildman–Crippen MR) is 83.7 cm³/mol. The molecule has 0 aliphatic rings. The largest absolute Gasteiger partial charge is 0.379 e. The lowest BCUT2D eigenvalue weighted by atomic mass is 10.1. The van der Waals surface area contributed by atoms with Crippen LogP contribution < -0.4 is 10.6 Å². The third-order valence-corrected chi connectivity index (χ3v) is 3.03. The van der Waals surface area contributed by atoms with E-state index in [9.17, 15) is 4.79 Å². The van der Waals surface area contributed by atoms with Crippen molar-refractivity contribution in [1.82, 2.24) is 5.32 Å². The molecule has 1 aromatic rings. The van der Waals surface area contributed by atoms with Gasteiger partial charge in [0.1, 0.15) is 0 Å². The minimum atomic E-state index is -0.247. The summed E-state index contributed by atoms with van der Waals surface area (Å²) in [6.07, 6.45) is 1.00. The van der Waals surface area contributed by atoms with E-state index in [2.05, 4.69) is 10.6 Å². The Morgan fingerprint density at radius 2 is 2.05 bits per heavy atom. The van der Waals surface area contributed by atoms with Gasteiger partial charge in [-0.05, 0) is 51.3 Å². The number of rotatable bonds is 6. The van der Waals surface area contributed by atoms with Crippen LogP contribution in [0, 0.1) is 13.8 Å². The van der Waals surface area contributed by atoms with Crippen LogP contribution in [0.2, 0.25) is 5.02 Å². The average Bonchev–Trinajstić information content (AvgIpc) is 2.33. The van der Waals surface area contributed by atoms with E-state index in [4.69, 9.17) is 16.3 Å². The highest BCUT2D eigenvalue weighted by Gasteiger charge is 2.08. The van der Waals surface area contributed by atoms with Gasteiger partial charge in [-0.2, -0.15) is 0 Å². The summed E-state index contributed by atoms with van der Waals surface area (Å²) in [6, 6.07) is 3.57. The van der Waals surface area contributed by atoms with Crippen molar-refractivity contribution >= 4 is 23.3 Å². The lowest BCUT2D eigenvalue weighted by Crippen LogP contribution is -2.30. The first kappa shape index (κ1) is 16.8. The molecule has 0 unspecified atom stereocenters. The Bertz CT molecular complexity index is 438. The monoisotopic (exact) mass is 298 g/mol. The molecule has 20 heavy (non-hydrogen) atoms. The van der Waals surface area contributed by atoms with Gasteiger partial charge in [-0.25, -0.2) is 4.79 Å². The fourth-order valence-corrected chi connectivity index (χ4v) is 2.19. The highest BCUT2D eigenvalue weighted by Crippen LogP contribution is 2.27. The minimum absolute atomic E-state index is 0.220. The molecule has 112 valence electrons. The van der Waals surface area contributed by atoms with Crippen molar-refractivity contribution in [3.63, 3.8) is 0 Å². The molecule has 0 saturated heterocycles. The van der Waals surface area contributed by atoms with Crippen LogP contribution in [0.5, 0.6) is 0 Å². The first-order valence-electron chi connectivity index (χ1n) is 6.83. The van der Waals surface area contributed by atoms with E-state index >= 15 is 0 Å². The molecule has 0 aromatic heterocycles. The van der Waals surface area contributed by atoms with Gasteiger partial charge in [-0.1, -0.05) is 17.7 Å². The number of halogens is 1. The van der Waals surface area contributed by atoms with Crippen LogP contribution in [0.25, 0.3) is 0 Å². The Kier molecular flexibility index (Phi) is 6.82. The lowest BCUT2D eigenvalue weighted by Gasteiger charge is -2.13. The molecule has 0 spiro atoms. The quantitative estimate of drug-likeness (QED) is 0.783. The predicted octanol–water partition coefficient (Wildman–Crippen LogP) is 3.89. The molecule has 2 N–H and O–H groups in total. The lowest BCUT2D eigenvalue weighted by molar-refractivity contribution is 0.0775. The molecular formula is C15H23ClN2O2. The maximum Gasteiger partial charge on any atom is 0.319 e. The maximum absolute atomic E-state index is 11.8. The van der Waals surface area contributed by atoms with Crippen molar-refractivity contribution < 1.29 is 9.53 Å². The zero-order valence-electron chi connectivity index (χ0n) is 12.5. The summed E-state index contributed by atoms with van der Waals surface area (Å²) in [4.78, 5) is 11.8. The van der Waals surface area contributed by atoms with Gasteiger partial charge in [0.05, 0.1) is 16.8 Å². The standard InChI is InChI=1S/C15H23ClN2O2/c1-10(2)20-7-5-6-17-15(19)18-14-12(4)8-11(3)9-13(14)16/h8-10H,5-7H2,1-4H3,(H2,17,18,19). The number of hydrogen-bond acceptors (Lipinski definition) is 2. The topological polar surface area (TPSA) is 50.4 Å². The SMILES string of the molecule is Cc1cc(C)c(NC(=O)NCCCOC(C)C)c(Cl)c1. The molecule has 4 nitrogen and oxygen atoms in total. The van der Waals surface area contributed by atoms with E-state index in [-0.39, 0.29) is 12.1 Å². The first-order valence-corrected chi connectivity index (χ1v) is 7.21. The van der Waals surface area contributed by atoms with Crippen LogP contribution in [-0.4, -0.2) is 25.3 Å². The van der Waals surface area contributed by atoms with E-state index in [0.29, 0.717) is 23.9 Å². The van der Waals surface area contributed by atoms with Crippen LogP contribution in [0.15, 0.2) is 12.1 Å². The molecule has 5 heteroatoms. The molecule has 0 radical (unpaired) electrons. The van der Waals surface area contributed by atoms with Crippen molar-refractivity contribution in [2.75, 3.05) is 18.5 Å². The number of ether oxygens (including phenoxy) is 1. The molecule has 1 aromatic carbocycles. The van der Waals surface area contributed by atoms with Crippen molar-refractivity contribution in [2.45, 2.75) is 40.2 Å². The van der Waals surface area contributed by atoms with Gasteiger partial charge in [0, 0.05) is 13.2 Å². The zero-order chi connectivity index (χ0) is 15.1. The Morgan fingerprint density at radius 1 is 1.35 bits per heavy atom. The third kappa shape index (κ3) is 5.80. The Labute approximate surface area is 125 Å². The van der Waals surface area contributed by atoms with Crippen molar-refractivity contribution in [1.29, 1.82) is 0 Å². The molecule has 0 aliphatic heterocycles. The summed E-state index contributed by atoms with van der Waals surface area (Å²) in [5.74, 6) is 0. The van der Waals surface area contributed by atoms with Gasteiger partial charge in [-0.15, -0.1) is 0 Å². The number of urea groups is 1.